The van der Waals surface area contributed by atoms with Gasteiger partial charge in [-0.05, 0) is 24.3 Å². The molecule has 96 valence electrons. The number of carbonyl (C=O) groups is 1. The number of carbonyl (C=O) groups excluding carboxylic acids is 1. The lowest BCUT2D eigenvalue weighted by Crippen LogP contribution is -2.09. The Bertz CT molecular complexity index is 597. The number of rotatable bonds is 4. The maximum Gasteiger partial charge on any atom is 0.224 e. The monoisotopic (exact) mass is 336 g/mol. The summed E-state index contributed by atoms with van der Waals surface area (Å²) in [6, 6.07) is 16.2. The second-order valence-corrected chi connectivity index (χ2v) is 4.99. The molecule has 0 bridgehead atoms. The summed E-state index contributed by atoms with van der Waals surface area (Å²) in [7, 11) is 0. The highest BCUT2D eigenvalue weighted by Crippen LogP contribution is 2.14. The summed E-state index contributed by atoms with van der Waals surface area (Å²) < 4.78 is 0.966. The molecule has 19 heavy (non-hydrogen) atoms. The molecule has 5 heteroatoms. The van der Waals surface area contributed by atoms with Gasteiger partial charge < -0.3 is 0 Å². The predicted octanol–water partition coefficient (Wildman–Crippen LogP) is 4.30. The first-order valence-corrected chi connectivity index (χ1v) is 6.68. The summed E-state index contributed by atoms with van der Waals surface area (Å²) in [5.41, 5.74) is 4.00. The Kier molecular flexibility index (Phi) is 4.71. The molecule has 0 radical (unpaired) electrons. The van der Waals surface area contributed by atoms with Crippen LogP contribution in [-0.2, 0) is 0 Å². The van der Waals surface area contributed by atoms with Gasteiger partial charge in [-0.25, -0.2) is 0 Å². The predicted molar refractivity (Wildman–Crippen MR) is 81.8 cm³/mol. The van der Waals surface area contributed by atoms with Crippen LogP contribution in [0.4, 0.5) is 5.69 Å². The zero-order chi connectivity index (χ0) is 13.7. The number of hydrogen-bond donors (Lipinski definition) is 1. The molecule has 2 aromatic carbocycles. The fourth-order valence-electron chi connectivity index (χ4n) is 1.40. The van der Waals surface area contributed by atoms with Crippen LogP contribution >= 0.6 is 27.5 Å². The number of nitrogens with zero attached hydrogens (tertiary/aromatic N) is 1. The fourth-order valence-corrected chi connectivity index (χ4v) is 1.81. The van der Waals surface area contributed by atoms with Crippen LogP contribution in [0, 0.1) is 0 Å². The number of Topliss-reactive ketones (excluding diaryl/α,β-unsaturated/α-hetero) is 1. The van der Waals surface area contributed by atoms with Gasteiger partial charge in [-0.2, -0.15) is 5.10 Å². The molecular weight excluding hydrogens is 328 g/mol. The molecule has 0 amide bonds. The summed E-state index contributed by atoms with van der Waals surface area (Å²) in [6.07, 6.45) is 0. The molecule has 0 heterocycles. The first-order chi connectivity index (χ1) is 9.16. The lowest BCUT2D eigenvalue weighted by molar-refractivity contribution is 0.106. The number of hydrogen-bond acceptors (Lipinski definition) is 3. The Hall–Kier alpha value is -1.65. The molecule has 0 saturated carbocycles. The smallest absolute Gasteiger partial charge is 0.224 e. The van der Waals surface area contributed by atoms with E-state index in [-0.39, 0.29) is 11.0 Å². The third-order valence-corrected chi connectivity index (χ3v) is 3.14. The van der Waals surface area contributed by atoms with E-state index in [2.05, 4.69) is 26.5 Å². The Morgan fingerprint density at radius 1 is 1.05 bits per heavy atom. The Balaban J connectivity index is 2.07. The number of nitrogens with one attached hydrogen (secondary N) is 1. The van der Waals surface area contributed by atoms with Crippen LogP contribution in [0.3, 0.4) is 0 Å². The van der Waals surface area contributed by atoms with Crippen LogP contribution in [-0.4, -0.2) is 11.0 Å². The summed E-state index contributed by atoms with van der Waals surface area (Å²) in [5.74, 6) is -0.313. The van der Waals surface area contributed by atoms with Gasteiger partial charge in [0.25, 0.3) is 0 Å². The highest BCUT2D eigenvalue weighted by molar-refractivity contribution is 9.10. The summed E-state index contributed by atoms with van der Waals surface area (Å²) >= 11 is 9.21. The van der Waals surface area contributed by atoms with Gasteiger partial charge in [0.05, 0.1) is 5.69 Å². The van der Waals surface area contributed by atoms with Gasteiger partial charge in [0.1, 0.15) is 0 Å². The molecule has 0 spiro atoms. The van der Waals surface area contributed by atoms with Gasteiger partial charge >= 0.3 is 0 Å². The lowest BCUT2D eigenvalue weighted by Gasteiger charge is -2.02. The molecule has 0 unspecified atom stereocenters. The van der Waals surface area contributed by atoms with Crippen molar-refractivity contribution in [2.24, 2.45) is 5.10 Å². The second kappa shape index (κ2) is 6.50. The van der Waals surface area contributed by atoms with Crippen molar-refractivity contribution in [3.8, 4) is 0 Å². The van der Waals surface area contributed by atoms with Gasteiger partial charge in [0.2, 0.25) is 5.78 Å². The Morgan fingerprint density at radius 2 is 1.68 bits per heavy atom. The highest BCUT2D eigenvalue weighted by atomic mass is 79.9. The average molecular weight is 338 g/mol. The van der Waals surface area contributed by atoms with E-state index in [9.17, 15) is 4.79 Å². The van der Waals surface area contributed by atoms with Crippen LogP contribution < -0.4 is 5.43 Å². The summed E-state index contributed by atoms with van der Waals surface area (Å²) in [6.45, 7) is 0. The maximum absolute atomic E-state index is 11.9. The Morgan fingerprint density at radius 3 is 2.32 bits per heavy atom. The van der Waals surface area contributed by atoms with Gasteiger partial charge in [0.15, 0.2) is 5.17 Å². The molecule has 2 aromatic rings. The van der Waals surface area contributed by atoms with E-state index in [1.54, 1.807) is 24.3 Å². The normalized spacial score (nSPS) is 11.2. The van der Waals surface area contributed by atoms with Gasteiger partial charge in [-0.3, -0.25) is 10.2 Å². The van der Waals surface area contributed by atoms with Gasteiger partial charge in [-0.15, -0.1) is 0 Å². The van der Waals surface area contributed by atoms with Gasteiger partial charge in [-0.1, -0.05) is 57.9 Å². The van der Waals surface area contributed by atoms with Crippen molar-refractivity contribution in [3.05, 3.63) is 64.6 Å². The zero-order valence-corrected chi connectivity index (χ0v) is 12.1. The largest absolute Gasteiger partial charge is 0.286 e. The Labute approximate surface area is 124 Å². The molecule has 0 atom stereocenters. The first-order valence-electron chi connectivity index (χ1n) is 5.51. The first kappa shape index (κ1) is 13.8. The van der Waals surface area contributed by atoms with E-state index in [1.165, 1.54) is 0 Å². The SMILES string of the molecule is O=C(/C(Cl)=N\Nc1ccc(Br)cc1)c1ccccc1. The minimum Gasteiger partial charge on any atom is -0.286 e. The van der Waals surface area contributed by atoms with Crippen molar-refractivity contribution in [1.29, 1.82) is 0 Å². The van der Waals surface area contributed by atoms with Crippen LogP contribution in [0.1, 0.15) is 10.4 Å². The molecule has 0 aliphatic rings. The average Bonchev–Trinajstić information content (AvgIpc) is 2.46. The quantitative estimate of drug-likeness (QED) is 0.513. The standard InChI is InChI=1S/C14H10BrClN2O/c15-11-6-8-12(9-7-11)17-18-14(16)13(19)10-4-2-1-3-5-10/h1-9,17H/b18-14+. The molecule has 0 aliphatic heterocycles. The second-order valence-electron chi connectivity index (χ2n) is 3.72. The van der Waals surface area contributed by atoms with Gasteiger partial charge in [0, 0.05) is 10.0 Å². The minimum absolute atomic E-state index is 0.103. The third kappa shape index (κ3) is 3.91. The molecule has 0 aliphatic carbocycles. The molecule has 2 rings (SSSR count). The molecule has 0 fully saturated rings. The summed E-state index contributed by atoms with van der Waals surface area (Å²) in [5, 5.41) is 3.76. The number of ketones is 1. The third-order valence-electron chi connectivity index (χ3n) is 2.35. The van der Waals surface area contributed by atoms with Crippen molar-refractivity contribution < 1.29 is 4.79 Å². The number of halogens is 2. The fraction of sp³-hybridized carbons (Fsp3) is 0. The van der Waals surface area contributed by atoms with E-state index < -0.39 is 0 Å². The molecule has 0 aromatic heterocycles. The van der Waals surface area contributed by atoms with Crippen LogP contribution in [0.5, 0.6) is 0 Å². The molecule has 0 saturated heterocycles. The van der Waals surface area contributed by atoms with E-state index >= 15 is 0 Å². The van der Waals surface area contributed by atoms with Crippen LogP contribution in [0.15, 0.2) is 64.2 Å². The maximum atomic E-state index is 11.9. The molecular formula is C14H10BrClN2O. The van der Waals surface area contributed by atoms with Crippen molar-refractivity contribution >= 4 is 44.2 Å². The van der Waals surface area contributed by atoms with Crippen molar-refractivity contribution in [3.63, 3.8) is 0 Å². The molecule has 1 N–H and O–H groups in total. The minimum atomic E-state index is -0.313. The van der Waals surface area contributed by atoms with E-state index in [0.29, 0.717) is 5.56 Å². The number of hydrazone groups is 1. The zero-order valence-electron chi connectivity index (χ0n) is 9.81. The van der Waals surface area contributed by atoms with E-state index in [4.69, 9.17) is 11.6 Å². The van der Waals surface area contributed by atoms with E-state index in [1.807, 2.05) is 30.3 Å². The topological polar surface area (TPSA) is 41.5 Å². The van der Waals surface area contributed by atoms with E-state index in [0.717, 1.165) is 10.2 Å². The number of anilines is 1. The van der Waals surface area contributed by atoms with Crippen molar-refractivity contribution in [1.82, 2.24) is 0 Å². The summed E-state index contributed by atoms with van der Waals surface area (Å²) in [4.78, 5) is 11.9. The number of benzene rings is 2. The van der Waals surface area contributed by atoms with Crippen LogP contribution in [0.25, 0.3) is 0 Å². The highest BCUT2D eigenvalue weighted by Gasteiger charge is 2.10. The van der Waals surface area contributed by atoms with Crippen molar-refractivity contribution in [2.75, 3.05) is 5.43 Å². The van der Waals surface area contributed by atoms with Crippen molar-refractivity contribution in [2.45, 2.75) is 0 Å². The van der Waals surface area contributed by atoms with Crippen LogP contribution in [0.2, 0.25) is 0 Å². The molecule has 3 nitrogen and oxygen atoms in total. The lowest BCUT2D eigenvalue weighted by atomic mass is 10.1.